The summed E-state index contributed by atoms with van der Waals surface area (Å²) in [6.07, 6.45) is 0.608. The molecular formula is C14H19FO3. The number of aliphatic carboxylic acids is 1. The molecule has 1 rings (SSSR count). The van der Waals surface area contributed by atoms with Crippen LogP contribution < -0.4 is 0 Å². The van der Waals surface area contributed by atoms with Gasteiger partial charge in [0.1, 0.15) is 5.82 Å². The topological polar surface area (TPSA) is 57.5 Å². The number of hydrogen-bond acceptors (Lipinski definition) is 2. The number of aliphatic hydroxyl groups is 1. The van der Waals surface area contributed by atoms with Gasteiger partial charge in [0.25, 0.3) is 0 Å². The quantitative estimate of drug-likeness (QED) is 0.820. The fraction of sp³-hybridized carbons (Fsp3) is 0.500. The molecule has 0 aromatic heterocycles. The summed E-state index contributed by atoms with van der Waals surface area (Å²) in [4.78, 5) is 10.8. The molecule has 0 saturated heterocycles. The van der Waals surface area contributed by atoms with Crippen molar-refractivity contribution in [2.24, 2.45) is 5.92 Å². The van der Waals surface area contributed by atoms with Gasteiger partial charge < -0.3 is 10.2 Å². The van der Waals surface area contributed by atoms with Crippen LogP contribution in [-0.2, 0) is 11.2 Å². The van der Waals surface area contributed by atoms with E-state index in [9.17, 15) is 14.3 Å². The van der Waals surface area contributed by atoms with Crippen molar-refractivity contribution in [1.82, 2.24) is 0 Å². The van der Waals surface area contributed by atoms with E-state index in [2.05, 4.69) is 0 Å². The second-order valence-corrected chi connectivity index (χ2v) is 4.96. The molecule has 1 aromatic carbocycles. The summed E-state index contributed by atoms with van der Waals surface area (Å²) in [5, 5.41) is 19.1. The minimum atomic E-state index is -1.22. The average molecular weight is 254 g/mol. The maximum absolute atomic E-state index is 12.7. The maximum atomic E-state index is 12.7. The molecule has 0 aliphatic carbocycles. The van der Waals surface area contributed by atoms with Crippen molar-refractivity contribution in [2.75, 3.05) is 0 Å². The summed E-state index contributed by atoms with van der Waals surface area (Å²) < 4.78 is 12.7. The van der Waals surface area contributed by atoms with Crippen LogP contribution in [-0.4, -0.2) is 21.8 Å². The Bertz CT molecular complexity index is 400. The van der Waals surface area contributed by atoms with Gasteiger partial charge in [-0.05, 0) is 36.5 Å². The van der Waals surface area contributed by atoms with Crippen molar-refractivity contribution in [3.05, 3.63) is 35.6 Å². The highest BCUT2D eigenvalue weighted by molar-refractivity contribution is 5.68. The first-order chi connectivity index (χ1) is 8.33. The van der Waals surface area contributed by atoms with Gasteiger partial charge in [0.15, 0.2) is 0 Å². The van der Waals surface area contributed by atoms with Crippen molar-refractivity contribution in [2.45, 2.75) is 38.7 Å². The molecule has 2 N–H and O–H groups in total. The normalized spacial score (nSPS) is 14.5. The van der Waals surface area contributed by atoms with Crippen LogP contribution in [0.2, 0.25) is 0 Å². The second-order valence-electron chi connectivity index (χ2n) is 4.96. The molecule has 1 aromatic rings. The van der Waals surface area contributed by atoms with E-state index in [0.29, 0.717) is 12.8 Å². The zero-order valence-electron chi connectivity index (χ0n) is 10.7. The molecule has 0 amide bonds. The van der Waals surface area contributed by atoms with Crippen LogP contribution in [0, 0.1) is 11.7 Å². The molecule has 0 aliphatic heterocycles. The average Bonchev–Trinajstić information content (AvgIpc) is 2.27. The molecule has 0 bridgehead atoms. The first kappa shape index (κ1) is 14.6. The largest absolute Gasteiger partial charge is 0.481 e. The Balaban J connectivity index is 2.67. The predicted octanol–water partition coefficient (Wildman–Crippen LogP) is 2.62. The Morgan fingerprint density at radius 1 is 1.33 bits per heavy atom. The van der Waals surface area contributed by atoms with Crippen molar-refractivity contribution in [3.8, 4) is 0 Å². The van der Waals surface area contributed by atoms with Crippen LogP contribution in [0.25, 0.3) is 0 Å². The standard InChI is InChI=1S/C14H19FO3/c1-10(2)14(18,9-13(16)17)8-7-11-3-5-12(15)6-4-11/h3-6,10,18H,7-9H2,1-2H3,(H,16,17). The van der Waals surface area contributed by atoms with Gasteiger partial charge in [0.2, 0.25) is 0 Å². The van der Waals surface area contributed by atoms with Gasteiger partial charge in [0, 0.05) is 0 Å². The molecule has 1 unspecified atom stereocenters. The molecule has 100 valence electrons. The van der Waals surface area contributed by atoms with Gasteiger partial charge in [-0.1, -0.05) is 26.0 Å². The van der Waals surface area contributed by atoms with E-state index in [1.54, 1.807) is 26.0 Å². The van der Waals surface area contributed by atoms with E-state index in [0.717, 1.165) is 5.56 Å². The molecule has 0 fully saturated rings. The SMILES string of the molecule is CC(C)C(O)(CCc1ccc(F)cc1)CC(=O)O. The van der Waals surface area contributed by atoms with Crippen LogP contribution in [0.3, 0.4) is 0 Å². The van der Waals surface area contributed by atoms with E-state index < -0.39 is 11.6 Å². The lowest BCUT2D eigenvalue weighted by atomic mass is 9.82. The van der Waals surface area contributed by atoms with E-state index in [-0.39, 0.29) is 18.2 Å². The van der Waals surface area contributed by atoms with E-state index >= 15 is 0 Å². The Morgan fingerprint density at radius 2 is 1.89 bits per heavy atom. The molecule has 0 spiro atoms. The summed E-state index contributed by atoms with van der Waals surface area (Å²) in [6, 6.07) is 6.02. The van der Waals surface area contributed by atoms with Crippen LogP contribution in [0.4, 0.5) is 4.39 Å². The minimum Gasteiger partial charge on any atom is -0.481 e. The molecular weight excluding hydrogens is 235 g/mol. The molecule has 0 heterocycles. The van der Waals surface area contributed by atoms with Crippen LogP contribution in [0.1, 0.15) is 32.3 Å². The van der Waals surface area contributed by atoms with E-state index in [4.69, 9.17) is 5.11 Å². The lowest BCUT2D eigenvalue weighted by molar-refractivity contribution is -0.145. The fourth-order valence-electron chi connectivity index (χ4n) is 1.85. The third-order valence-corrected chi connectivity index (χ3v) is 3.29. The number of hydrogen-bond donors (Lipinski definition) is 2. The van der Waals surface area contributed by atoms with Crippen LogP contribution in [0.5, 0.6) is 0 Å². The number of halogens is 1. The van der Waals surface area contributed by atoms with Crippen LogP contribution in [0.15, 0.2) is 24.3 Å². The van der Waals surface area contributed by atoms with Crippen molar-refractivity contribution in [1.29, 1.82) is 0 Å². The van der Waals surface area contributed by atoms with Gasteiger partial charge in [-0.3, -0.25) is 4.79 Å². The van der Waals surface area contributed by atoms with Gasteiger partial charge in [-0.15, -0.1) is 0 Å². The monoisotopic (exact) mass is 254 g/mol. The van der Waals surface area contributed by atoms with Gasteiger partial charge in [-0.2, -0.15) is 0 Å². The maximum Gasteiger partial charge on any atom is 0.306 e. The smallest absolute Gasteiger partial charge is 0.306 e. The third-order valence-electron chi connectivity index (χ3n) is 3.29. The number of aryl methyl sites for hydroxylation is 1. The highest BCUT2D eigenvalue weighted by Crippen LogP contribution is 2.27. The highest BCUT2D eigenvalue weighted by atomic mass is 19.1. The molecule has 0 saturated carbocycles. The van der Waals surface area contributed by atoms with Gasteiger partial charge in [0.05, 0.1) is 12.0 Å². The Morgan fingerprint density at radius 3 is 2.33 bits per heavy atom. The van der Waals surface area contributed by atoms with Crippen molar-refractivity contribution < 1.29 is 19.4 Å². The molecule has 4 heteroatoms. The van der Waals surface area contributed by atoms with E-state index in [1.807, 2.05) is 0 Å². The number of carbonyl (C=O) groups is 1. The molecule has 0 radical (unpaired) electrons. The van der Waals surface area contributed by atoms with Crippen molar-refractivity contribution in [3.63, 3.8) is 0 Å². The zero-order valence-corrected chi connectivity index (χ0v) is 10.7. The first-order valence-corrected chi connectivity index (χ1v) is 6.02. The molecule has 18 heavy (non-hydrogen) atoms. The van der Waals surface area contributed by atoms with E-state index in [1.165, 1.54) is 12.1 Å². The fourth-order valence-corrected chi connectivity index (χ4v) is 1.85. The molecule has 3 nitrogen and oxygen atoms in total. The Kier molecular flexibility index (Phi) is 4.84. The Hall–Kier alpha value is -1.42. The van der Waals surface area contributed by atoms with Crippen molar-refractivity contribution >= 4 is 5.97 Å². The summed E-state index contributed by atoms with van der Waals surface area (Å²) in [5.74, 6) is -1.46. The Labute approximate surface area is 106 Å². The summed E-state index contributed by atoms with van der Waals surface area (Å²) >= 11 is 0. The molecule has 1 atom stereocenters. The predicted molar refractivity (Wildman–Crippen MR) is 66.8 cm³/mol. The summed E-state index contributed by atoms with van der Waals surface area (Å²) in [5.41, 5.74) is -0.332. The summed E-state index contributed by atoms with van der Waals surface area (Å²) in [7, 11) is 0. The molecule has 0 aliphatic rings. The number of carboxylic acids is 1. The van der Waals surface area contributed by atoms with Crippen LogP contribution >= 0.6 is 0 Å². The minimum absolute atomic E-state index is 0.144. The zero-order chi connectivity index (χ0) is 13.8. The second kappa shape index (κ2) is 5.96. The first-order valence-electron chi connectivity index (χ1n) is 6.02. The number of rotatable bonds is 6. The van der Waals surface area contributed by atoms with Gasteiger partial charge >= 0.3 is 5.97 Å². The van der Waals surface area contributed by atoms with Gasteiger partial charge in [-0.25, -0.2) is 4.39 Å². The number of benzene rings is 1. The lowest BCUT2D eigenvalue weighted by Gasteiger charge is -2.30. The summed E-state index contributed by atoms with van der Waals surface area (Å²) in [6.45, 7) is 3.60. The third kappa shape index (κ3) is 4.11. The lowest BCUT2D eigenvalue weighted by Crippen LogP contribution is -2.38. The number of carboxylic acid groups (broad SMARTS) is 1. The highest BCUT2D eigenvalue weighted by Gasteiger charge is 2.33.